The zero-order valence-electron chi connectivity index (χ0n) is 7.51. The highest BCUT2D eigenvalue weighted by Crippen LogP contribution is 2.35. The van der Waals surface area contributed by atoms with Crippen LogP contribution in [0, 0.1) is 5.92 Å². The lowest BCUT2D eigenvalue weighted by Gasteiger charge is -2.42. The average molecular weight is 157 g/mol. The Balaban J connectivity index is 2.16. The van der Waals surface area contributed by atoms with E-state index in [0.29, 0.717) is 5.92 Å². The molecule has 1 fully saturated rings. The minimum atomic E-state index is -0.399. The van der Waals surface area contributed by atoms with Crippen molar-refractivity contribution in [3.63, 3.8) is 0 Å². The summed E-state index contributed by atoms with van der Waals surface area (Å²) in [5.41, 5.74) is 5.20. The molecule has 0 aromatic heterocycles. The van der Waals surface area contributed by atoms with E-state index < -0.39 is 5.60 Å². The van der Waals surface area contributed by atoms with Crippen molar-refractivity contribution in [3.8, 4) is 0 Å². The lowest BCUT2D eigenvalue weighted by atomic mass is 9.73. The van der Waals surface area contributed by atoms with E-state index in [2.05, 4.69) is 13.8 Å². The molecule has 1 aliphatic rings. The lowest BCUT2D eigenvalue weighted by Crippen LogP contribution is -2.51. The van der Waals surface area contributed by atoms with E-state index in [1.54, 1.807) is 0 Å². The molecule has 0 amide bonds. The van der Waals surface area contributed by atoms with Gasteiger partial charge in [-0.15, -0.1) is 0 Å². The molecule has 0 unspecified atom stereocenters. The van der Waals surface area contributed by atoms with Crippen LogP contribution in [0.5, 0.6) is 0 Å². The summed E-state index contributed by atoms with van der Waals surface area (Å²) < 4.78 is 0. The van der Waals surface area contributed by atoms with Crippen molar-refractivity contribution in [2.45, 2.75) is 51.2 Å². The smallest absolute Gasteiger partial charge is 0.0677 e. The van der Waals surface area contributed by atoms with Gasteiger partial charge in [-0.2, -0.15) is 0 Å². The van der Waals surface area contributed by atoms with Crippen LogP contribution in [-0.2, 0) is 0 Å². The molecule has 0 atom stereocenters. The molecule has 11 heavy (non-hydrogen) atoms. The van der Waals surface area contributed by atoms with Crippen molar-refractivity contribution in [1.29, 1.82) is 0 Å². The Labute approximate surface area is 68.8 Å². The van der Waals surface area contributed by atoms with Gasteiger partial charge >= 0.3 is 0 Å². The zero-order chi connectivity index (χ0) is 8.48. The molecule has 0 aliphatic heterocycles. The molecule has 0 saturated heterocycles. The van der Waals surface area contributed by atoms with Gasteiger partial charge in [0.25, 0.3) is 0 Å². The highest BCUT2D eigenvalue weighted by molar-refractivity contribution is 4.96. The molecule has 3 N–H and O–H groups in total. The van der Waals surface area contributed by atoms with Gasteiger partial charge in [-0.05, 0) is 31.6 Å². The summed E-state index contributed by atoms with van der Waals surface area (Å²) >= 11 is 0. The second kappa shape index (κ2) is 3.11. The van der Waals surface area contributed by atoms with Crippen LogP contribution >= 0.6 is 0 Å². The summed E-state index contributed by atoms with van der Waals surface area (Å²) in [7, 11) is 0. The summed E-state index contributed by atoms with van der Waals surface area (Å²) in [5.74, 6) is 0.691. The van der Waals surface area contributed by atoms with Gasteiger partial charge in [0, 0.05) is 6.04 Å². The number of nitrogens with two attached hydrogens (primary N) is 1. The van der Waals surface area contributed by atoms with Gasteiger partial charge in [-0.1, -0.05) is 13.8 Å². The Morgan fingerprint density at radius 2 is 2.09 bits per heavy atom. The highest BCUT2D eigenvalue weighted by Gasteiger charge is 2.39. The standard InChI is InChI=1S/C9H19NO/c1-7(2)3-4-9(11)5-8(10)6-9/h7-8,11H,3-6,10H2,1-2H3. The maximum absolute atomic E-state index is 9.75. The van der Waals surface area contributed by atoms with Gasteiger partial charge in [-0.3, -0.25) is 0 Å². The molecule has 2 nitrogen and oxygen atoms in total. The number of rotatable bonds is 3. The fraction of sp³-hybridized carbons (Fsp3) is 1.00. The maximum Gasteiger partial charge on any atom is 0.0677 e. The maximum atomic E-state index is 9.75. The molecule has 0 bridgehead atoms. The Hall–Kier alpha value is -0.0800. The summed E-state index contributed by atoms with van der Waals surface area (Å²) in [6, 6.07) is 0.257. The first-order chi connectivity index (χ1) is 5.02. The molecule has 0 heterocycles. The number of hydrogen-bond acceptors (Lipinski definition) is 2. The van der Waals surface area contributed by atoms with Crippen LogP contribution in [0.25, 0.3) is 0 Å². The normalized spacial score (nSPS) is 37.4. The quantitative estimate of drug-likeness (QED) is 0.648. The largest absolute Gasteiger partial charge is 0.390 e. The molecular formula is C9H19NO. The predicted octanol–water partition coefficient (Wildman–Crippen LogP) is 1.27. The molecule has 66 valence electrons. The van der Waals surface area contributed by atoms with Crippen molar-refractivity contribution >= 4 is 0 Å². The average Bonchev–Trinajstić information content (AvgIpc) is 1.81. The van der Waals surface area contributed by atoms with E-state index in [9.17, 15) is 5.11 Å². The second-order valence-electron chi connectivity index (χ2n) is 4.33. The Kier molecular flexibility index (Phi) is 2.55. The van der Waals surface area contributed by atoms with E-state index in [0.717, 1.165) is 25.7 Å². The SMILES string of the molecule is CC(C)CCC1(O)CC(N)C1. The van der Waals surface area contributed by atoms with Gasteiger partial charge in [-0.25, -0.2) is 0 Å². The first-order valence-electron chi connectivity index (χ1n) is 4.50. The van der Waals surface area contributed by atoms with Crippen LogP contribution in [-0.4, -0.2) is 16.7 Å². The Morgan fingerprint density at radius 3 is 2.45 bits per heavy atom. The molecular weight excluding hydrogens is 138 g/mol. The molecule has 1 saturated carbocycles. The van der Waals surface area contributed by atoms with Gasteiger partial charge in [0.05, 0.1) is 5.60 Å². The molecule has 0 aromatic rings. The first kappa shape index (κ1) is 9.01. The van der Waals surface area contributed by atoms with Crippen molar-refractivity contribution in [2.75, 3.05) is 0 Å². The van der Waals surface area contributed by atoms with Crippen LogP contribution in [0.15, 0.2) is 0 Å². The highest BCUT2D eigenvalue weighted by atomic mass is 16.3. The third-order valence-corrected chi connectivity index (χ3v) is 2.47. The molecule has 0 radical (unpaired) electrons. The fourth-order valence-electron chi connectivity index (χ4n) is 1.68. The Morgan fingerprint density at radius 1 is 1.55 bits per heavy atom. The molecule has 1 rings (SSSR count). The van der Waals surface area contributed by atoms with E-state index in [1.165, 1.54) is 0 Å². The third-order valence-electron chi connectivity index (χ3n) is 2.47. The Bertz CT molecular complexity index is 128. The minimum Gasteiger partial charge on any atom is -0.390 e. The van der Waals surface area contributed by atoms with E-state index >= 15 is 0 Å². The monoisotopic (exact) mass is 157 g/mol. The zero-order valence-corrected chi connectivity index (χ0v) is 7.51. The first-order valence-corrected chi connectivity index (χ1v) is 4.50. The number of hydrogen-bond donors (Lipinski definition) is 2. The van der Waals surface area contributed by atoms with Crippen molar-refractivity contribution in [3.05, 3.63) is 0 Å². The fourth-order valence-corrected chi connectivity index (χ4v) is 1.68. The number of aliphatic hydroxyl groups is 1. The summed E-state index contributed by atoms with van der Waals surface area (Å²) in [4.78, 5) is 0. The van der Waals surface area contributed by atoms with Crippen LogP contribution in [0.2, 0.25) is 0 Å². The lowest BCUT2D eigenvalue weighted by molar-refractivity contribution is -0.0563. The van der Waals surface area contributed by atoms with E-state index in [1.807, 2.05) is 0 Å². The van der Waals surface area contributed by atoms with Crippen LogP contribution in [0.3, 0.4) is 0 Å². The van der Waals surface area contributed by atoms with Gasteiger partial charge in [0.15, 0.2) is 0 Å². The van der Waals surface area contributed by atoms with Crippen molar-refractivity contribution < 1.29 is 5.11 Å². The minimum absolute atomic E-state index is 0.257. The summed E-state index contributed by atoms with van der Waals surface area (Å²) in [6.45, 7) is 4.36. The van der Waals surface area contributed by atoms with Gasteiger partial charge in [0.2, 0.25) is 0 Å². The van der Waals surface area contributed by atoms with Crippen LogP contribution in [0.1, 0.15) is 39.5 Å². The summed E-state index contributed by atoms with van der Waals surface area (Å²) in [6.07, 6.45) is 3.65. The van der Waals surface area contributed by atoms with E-state index in [4.69, 9.17) is 5.73 Å². The molecule has 2 heteroatoms. The third kappa shape index (κ3) is 2.46. The van der Waals surface area contributed by atoms with E-state index in [-0.39, 0.29) is 6.04 Å². The molecule has 1 aliphatic carbocycles. The van der Waals surface area contributed by atoms with Gasteiger partial charge < -0.3 is 10.8 Å². The topological polar surface area (TPSA) is 46.2 Å². The van der Waals surface area contributed by atoms with Gasteiger partial charge in [0.1, 0.15) is 0 Å². The molecule has 0 spiro atoms. The molecule has 0 aromatic carbocycles. The van der Waals surface area contributed by atoms with Crippen molar-refractivity contribution in [2.24, 2.45) is 11.7 Å². The van der Waals surface area contributed by atoms with Crippen LogP contribution < -0.4 is 5.73 Å². The van der Waals surface area contributed by atoms with Crippen molar-refractivity contribution in [1.82, 2.24) is 0 Å². The predicted molar refractivity (Wildman–Crippen MR) is 46.2 cm³/mol. The second-order valence-corrected chi connectivity index (χ2v) is 4.33. The summed E-state index contributed by atoms with van der Waals surface area (Å²) in [5, 5.41) is 9.75. The van der Waals surface area contributed by atoms with Crippen LogP contribution in [0.4, 0.5) is 0 Å².